The lowest BCUT2D eigenvalue weighted by Crippen LogP contribution is -2.15. The molecule has 0 heterocycles. The SMILES string of the molecule is Cc1ccc(C(N)Cc2c(C)cccc2C)cc1C. The Labute approximate surface area is 116 Å². The van der Waals surface area contributed by atoms with Crippen molar-refractivity contribution in [1.29, 1.82) is 0 Å². The Kier molecular flexibility index (Phi) is 4.06. The highest BCUT2D eigenvalue weighted by Gasteiger charge is 2.11. The van der Waals surface area contributed by atoms with E-state index in [1.807, 2.05) is 0 Å². The number of nitrogens with two attached hydrogens (primary N) is 1. The molecule has 0 aliphatic carbocycles. The van der Waals surface area contributed by atoms with Crippen LogP contribution in [-0.4, -0.2) is 0 Å². The Balaban J connectivity index is 2.25. The number of benzene rings is 2. The molecule has 0 saturated carbocycles. The summed E-state index contributed by atoms with van der Waals surface area (Å²) in [6, 6.07) is 13.0. The first kappa shape index (κ1) is 13.8. The monoisotopic (exact) mass is 253 g/mol. The van der Waals surface area contributed by atoms with E-state index in [9.17, 15) is 0 Å². The lowest BCUT2D eigenvalue weighted by Gasteiger charge is -2.17. The highest BCUT2D eigenvalue weighted by molar-refractivity contribution is 5.37. The van der Waals surface area contributed by atoms with Crippen molar-refractivity contribution in [2.24, 2.45) is 5.73 Å². The summed E-state index contributed by atoms with van der Waals surface area (Å²) in [4.78, 5) is 0. The fraction of sp³-hybridized carbons (Fsp3) is 0.333. The van der Waals surface area contributed by atoms with Gasteiger partial charge >= 0.3 is 0 Å². The zero-order valence-corrected chi connectivity index (χ0v) is 12.3. The highest BCUT2D eigenvalue weighted by atomic mass is 14.6. The van der Waals surface area contributed by atoms with E-state index in [0.29, 0.717) is 0 Å². The molecule has 0 radical (unpaired) electrons. The largest absolute Gasteiger partial charge is 0.324 e. The minimum Gasteiger partial charge on any atom is -0.324 e. The number of aryl methyl sites for hydroxylation is 4. The molecule has 1 nitrogen and oxygen atoms in total. The number of rotatable bonds is 3. The van der Waals surface area contributed by atoms with E-state index in [0.717, 1.165) is 6.42 Å². The first-order valence-corrected chi connectivity index (χ1v) is 6.87. The van der Waals surface area contributed by atoms with Gasteiger partial charge in [0, 0.05) is 6.04 Å². The van der Waals surface area contributed by atoms with Crippen LogP contribution in [0, 0.1) is 27.7 Å². The van der Waals surface area contributed by atoms with Crippen molar-refractivity contribution in [3.8, 4) is 0 Å². The van der Waals surface area contributed by atoms with E-state index in [1.54, 1.807) is 0 Å². The third kappa shape index (κ3) is 3.05. The first-order chi connectivity index (χ1) is 8.99. The van der Waals surface area contributed by atoms with Crippen LogP contribution in [0.25, 0.3) is 0 Å². The molecule has 0 spiro atoms. The fourth-order valence-corrected chi connectivity index (χ4v) is 2.50. The second-order valence-electron chi connectivity index (χ2n) is 5.52. The van der Waals surface area contributed by atoms with Gasteiger partial charge in [-0.25, -0.2) is 0 Å². The third-order valence-electron chi connectivity index (χ3n) is 4.03. The molecule has 0 amide bonds. The molecule has 2 aromatic rings. The van der Waals surface area contributed by atoms with Crippen LogP contribution in [-0.2, 0) is 6.42 Å². The van der Waals surface area contributed by atoms with E-state index < -0.39 is 0 Å². The maximum atomic E-state index is 6.38. The molecule has 0 aromatic heterocycles. The molecule has 2 rings (SSSR count). The normalized spacial score (nSPS) is 12.5. The van der Waals surface area contributed by atoms with Crippen molar-refractivity contribution in [1.82, 2.24) is 0 Å². The highest BCUT2D eigenvalue weighted by Crippen LogP contribution is 2.22. The van der Waals surface area contributed by atoms with Crippen molar-refractivity contribution < 1.29 is 0 Å². The molecule has 2 aromatic carbocycles. The van der Waals surface area contributed by atoms with Gasteiger partial charge < -0.3 is 5.73 Å². The Bertz CT molecular complexity index is 564. The van der Waals surface area contributed by atoms with Gasteiger partial charge in [0.2, 0.25) is 0 Å². The lowest BCUT2D eigenvalue weighted by molar-refractivity contribution is 0.714. The van der Waals surface area contributed by atoms with Gasteiger partial charge in [-0.1, -0.05) is 36.4 Å². The minimum atomic E-state index is 0.0686. The molecule has 1 atom stereocenters. The Morgan fingerprint density at radius 1 is 0.842 bits per heavy atom. The summed E-state index contributed by atoms with van der Waals surface area (Å²) in [5.74, 6) is 0. The van der Waals surface area contributed by atoms with Gasteiger partial charge in [-0.15, -0.1) is 0 Å². The van der Waals surface area contributed by atoms with Gasteiger partial charge in [-0.05, 0) is 67.5 Å². The van der Waals surface area contributed by atoms with Crippen LogP contribution in [0.15, 0.2) is 36.4 Å². The topological polar surface area (TPSA) is 26.0 Å². The third-order valence-corrected chi connectivity index (χ3v) is 4.03. The van der Waals surface area contributed by atoms with Gasteiger partial charge in [-0.3, -0.25) is 0 Å². The number of hydrogen-bond donors (Lipinski definition) is 1. The maximum absolute atomic E-state index is 6.38. The lowest BCUT2D eigenvalue weighted by atomic mass is 9.92. The summed E-state index contributed by atoms with van der Waals surface area (Å²) in [7, 11) is 0. The minimum absolute atomic E-state index is 0.0686. The molecule has 19 heavy (non-hydrogen) atoms. The summed E-state index contributed by atoms with van der Waals surface area (Å²) < 4.78 is 0. The van der Waals surface area contributed by atoms with Crippen molar-refractivity contribution >= 4 is 0 Å². The second kappa shape index (κ2) is 5.58. The van der Waals surface area contributed by atoms with Crippen LogP contribution in [0.3, 0.4) is 0 Å². The standard InChI is InChI=1S/C18H23N/c1-12-8-9-16(10-15(12)4)18(19)11-17-13(2)6-5-7-14(17)3/h5-10,18H,11,19H2,1-4H3. The molecular formula is C18H23N. The van der Waals surface area contributed by atoms with E-state index in [1.165, 1.54) is 33.4 Å². The second-order valence-corrected chi connectivity index (χ2v) is 5.52. The zero-order chi connectivity index (χ0) is 14.0. The van der Waals surface area contributed by atoms with Gasteiger partial charge in [-0.2, -0.15) is 0 Å². The smallest absolute Gasteiger partial charge is 0.0336 e. The van der Waals surface area contributed by atoms with Crippen LogP contribution in [0.1, 0.15) is 39.4 Å². The molecule has 0 aliphatic rings. The predicted octanol–water partition coefficient (Wildman–Crippen LogP) is 4.16. The van der Waals surface area contributed by atoms with E-state index >= 15 is 0 Å². The van der Waals surface area contributed by atoms with Crippen molar-refractivity contribution in [3.05, 3.63) is 69.8 Å². The van der Waals surface area contributed by atoms with Crippen molar-refractivity contribution in [2.75, 3.05) is 0 Å². The van der Waals surface area contributed by atoms with E-state index in [2.05, 4.69) is 64.1 Å². The van der Waals surface area contributed by atoms with Crippen LogP contribution < -0.4 is 5.73 Å². The molecule has 0 bridgehead atoms. The van der Waals surface area contributed by atoms with Crippen molar-refractivity contribution in [2.45, 2.75) is 40.2 Å². The average Bonchev–Trinajstić information content (AvgIpc) is 2.37. The summed E-state index contributed by atoms with van der Waals surface area (Å²) in [5, 5.41) is 0. The fourth-order valence-electron chi connectivity index (χ4n) is 2.50. The van der Waals surface area contributed by atoms with Gasteiger partial charge in [0.25, 0.3) is 0 Å². The molecule has 1 heteroatoms. The van der Waals surface area contributed by atoms with Crippen molar-refractivity contribution in [3.63, 3.8) is 0 Å². The van der Waals surface area contributed by atoms with Gasteiger partial charge in [0.15, 0.2) is 0 Å². The predicted molar refractivity (Wildman–Crippen MR) is 82.5 cm³/mol. The summed E-state index contributed by atoms with van der Waals surface area (Å²) in [6.07, 6.45) is 0.904. The molecule has 100 valence electrons. The molecule has 1 unspecified atom stereocenters. The first-order valence-electron chi connectivity index (χ1n) is 6.87. The van der Waals surface area contributed by atoms with Gasteiger partial charge in [0.1, 0.15) is 0 Å². The Morgan fingerprint density at radius 3 is 2.05 bits per heavy atom. The maximum Gasteiger partial charge on any atom is 0.0336 e. The molecule has 0 aliphatic heterocycles. The van der Waals surface area contributed by atoms with Crippen LogP contribution in [0.2, 0.25) is 0 Å². The summed E-state index contributed by atoms with van der Waals surface area (Å²) >= 11 is 0. The quantitative estimate of drug-likeness (QED) is 0.873. The van der Waals surface area contributed by atoms with Crippen LogP contribution in [0.4, 0.5) is 0 Å². The zero-order valence-electron chi connectivity index (χ0n) is 12.3. The average molecular weight is 253 g/mol. The Morgan fingerprint density at radius 2 is 1.47 bits per heavy atom. The summed E-state index contributed by atoms with van der Waals surface area (Å²) in [5.41, 5.74) is 14.3. The number of hydrogen-bond acceptors (Lipinski definition) is 1. The van der Waals surface area contributed by atoms with E-state index in [-0.39, 0.29) is 6.04 Å². The molecule has 0 fully saturated rings. The van der Waals surface area contributed by atoms with E-state index in [4.69, 9.17) is 5.73 Å². The Hall–Kier alpha value is -1.60. The van der Waals surface area contributed by atoms with Crippen LogP contribution >= 0.6 is 0 Å². The van der Waals surface area contributed by atoms with Gasteiger partial charge in [0.05, 0.1) is 0 Å². The molecule has 2 N–H and O–H groups in total. The molecular weight excluding hydrogens is 230 g/mol. The molecule has 0 saturated heterocycles. The van der Waals surface area contributed by atoms with Crippen LogP contribution in [0.5, 0.6) is 0 Å². The summed E-state index contributed by atoms with van der Waals surface area (Å²) in [6.45, 7) is 8.60.